The van der Waals surface area contributed by atoms with E-state index in [2.05, 4.69) is 29.4 Å². The third-order valence-corrected chi connectivity index (χ3v) is 3.64. The second-order valence-corrected chi connectivity index (χ2v) is 5.32. The van der Waals surface area contributed by atoms with E-state index in [-0.39, 0.29) is 0 Å². The fraction of sp³-hybridized carbons (Fsp3) is 0.235. The number of benzene rings is 2. The molecule has 5 heteroatoms. The van der Waals surface area contributed by atoms with Crippen molar-refractivity contribution in [3.8, 4) is 5.75 Å². The summed E-state index contributed by atoms with van der Waals surface area (Å²) >= 11 is 6.07. The number of rotatable bonds is 5. The zero-order chi connectivity index (χ0) is 15.9. The maximum atomic E-state index is 6.07. The molecule has 0 aromatic heterocycles. The Morgan fingerprint density at radius 3 is 2.73 bits per heavy atom. The van der Waals surface area contributed by atoms with Crippen molar-refractivity contribution in [3.05, 3.63) is 58.6 Å². The summed E-state index contributed by atoms with van der Waals surface area (Å²) in [5, 5.41) is 3.55. The van der Waals surface area contributed by atoms with E-state index in [1.165, 1.54) is 11.1 Å². The third-order valence-electron chi connectivity index (χ3n) is 3.35. The number of ether oxygens (including phenoxy) is 1. The molecule has 0 saturated heterocycles. The van der Waals surface area contributed by atoms with Crippen molar-refractivity contribution in [1.82, 2.24) is 0 Å². The maximum Gasteiger partial charge on any atom is 0.193 e. The molecule has 0 fully saturated rings. The molecular formula is C17H20ClN3O. The molecule has 0 atom stereocenters. The predicted octanol–water partition coefficient (Wildman–Crippen LogP) is 3.63. The van der Waals surface area contributed by atoms with E-state index in [9.17, 15) is 0 Å². The second kappa shape index (κ2) is 7.71. The Bertz CT molecular complexity index is 671. The van der Waals surface area contributed by atoms with Crippen LogP contribution in [0.4, 0.5) is 5.69 Å². The molecule has 0 amide bonds. The molecule has 0 unspecified atom stereocenters. The van der Waals surface area contributed by atoms with Gasteiger partial charge in [0.25, 0.3) is 0 Å². The number of guanidine groups is 1. The fourth-order valence-electron chi connectivity index (χ4n) is 2.12. The van der Waals surface area contributed by atoms with Crippen molar-refractivity contribution in [3.63, 3.8) is 0 Å². The van der Waals surface area contributed by atoms with Crippen LogP contribution in [0.15, 0.2) is 47.5 Å². The van der Waals surface area contributed by atoms with E-state index in [4.69, 9.17) is 22.1 Å². The van der Waals surface area contributed by atoms with Gasteiger partial charge in [0, 0.05) is 12.2 Å². The molecule has 0 aliphatic carbocycles. The summed E-state index contributed by atoms with van der Waals surface area (Å²) in [6.45, 7) is 2.73. The Kier molecular flexibility index (Phi) is 5.67. The number of hydrogen-bond donors (Lipinski definition) is 2. The van der Waals surface area contributed by atoms with Crippen LogP contribution in [-0.2, 0) is 6.42 Å². The summed E-state index contributed by atoms with van der Waals surface area (Å²) in [5.74, 6) is 0.997. The van der Waals surface area contributed by atoms with Crippen molar-refractivity contribution in [2.45, 2.75) is 13.3 Å². The molecule has 22 heavy (non-hydrogen) atoms. The van der Waals surface area contributed by atoms with Crippen molar-refractivity contribution in [1.29, 1.82) is 0 Å². The zero-order valence-corrected chi connectivity index (χ0v) is 13.5. The van der Waals surface area contributed by atoms with E-state index < -0.39 is 0 Å². The normalized spacial score (nSPS) is 11.3. The molecule has 4 nitrogen and oxygen atoms in total. The molecule has 2 aromatic carbocycles. The first-order valence-corrected chi connectivity index (χ1v) is 7.43. The van der Waals surface area contributed by atoms with Crippen molar-refractivity contribution < 1.29 is 4.74 Å². The lowest BCUT2D eigenvalue weighted by molar-refractivity contribution is 0.415. The number of nitrogens with zero attached hydrogens (tertiary/aromatic N) is 1. The number of halogens is 1. The quantitative estimate of drug-likeness (QED) is 0.654. The van der Waals surface area contributed by atoms with Gasteiger partial charge in [0.2, 0.25) is 0 Å². The summed E-state index contributed by atoms with van der Waals surface area (Å²) in [7, 11) is 1.58. The van der Waals surface area contributed by atoms with E-state index in [0.29, 0.717) is 23.3 Å². The lowest BCUT2D eigenvalue weighted by atomic mass is 10.1. The molecule has 3 N–H and O–H groups in total. The number of nitrogens with one attached hydrogen (secondary N) is 1. The summed E-state index contributed by atoms with van der Waals surface area (Å²) < 4.78 is 5.11. The van der Waals surface area contributed by atoms with Crippen molar-refractivity contribution in [2.24, 2.45) is 10.7 Å². The van der Waals surface area contributed by atoms with E-state index in [0.717, 1.165) is 12.1 Å². The van der Waals surface area contributed by atoms with Crippen LogP contribution in [0.5, 0.6) is 5.75 Å². The minimum atomic E-state index is 0.370. The molecular weight excluding hydrogens is 298 g/mol. The average molecular weight is 318 g/mol. The molecule has 0 aliphatic heterocycles. The van der Waals surface area contributed by atoms with Gasteiger partial charge in [0.05, 0.1) is 12.1 Å². The van der Waals surface area contributed by atoms with Gasteiger partial charge in [-0.15, -0.1) is 0 Å². The summed E-state index contributed by atoms with van der Waals surface area (Å²) in [6, 6.07) is 13.7. The zero-order valence-electron chi connectivity index (χ0n) is 12.8. The topological polar surface area (TPSA) is 59.6 Å². The van der Waals surface area contributed by atoms with Gasteiger partial charge < -0.3 is 15.8 Å². The van der Waals surface area contributed by atoms with Crippen LogP contribution in [0.25, 0.3) is 0 Å². The number of anilines is 1. The molecule has 0 saturated carbocycles. The number of aryl methyl sites for hydroxylation is 1. The number of nitrogens with two attached hydrogens (primary N) is 1. The van der Waals surface area contributed by atoms with Gasteiger partial charge in [0.15, 0.2) is 5.96 Å². The van der Waals surface area contributed by atoms with E-state index >= 15 is 0 Å². The Hall–Kier alpha value is -2.20. The standard InChI is InChI=1S/C17H20ClN3O/c1-12-5-3-4-6-13(12)9-10-20-17(19)21-14-7-8-16(22-2)15(18)11-14/h3-8,11H,9-10H2,1-2H3,(H3,19,20,21). The smallest absolute Gasteiger partial charge is 0.193 e. The highest BCUT2D eigenvalue weighted by atomic mass is 35.5. The summed E-state index contributed by atoms with van der Waals surface area (Å²) in [4.78, 5) is 4.34. The van der Waals surface area contributed by atoms with Crippen LogP contribution in [0.1, 0.15) is 11.1 Å². The van der Waals surface area contributed by atoms with Gasteiger partial charge in [-0.3, -0.25) is 4.99 Å². The lowest BCUT2D eigenvalue weighted by Gasteiger charge is -2.08. The maximum absolute atomic E-state index is 6.07. The SMILES string of the molecule is COc1ccc(NC(N)=NCCc2ccccc2C)cc1Cl. The van der Waals surface area contributed by atoms with Crippen LogP contribution in [-0.4, -0.2) is 19.6 Å². The Balaban J connectivity index is 1.93. The monoisotopic (exact) mass is 317 g/mol. The first-order chi connectivity index (χ1) is 10.6. The Labute approximate surface area is 136 Å². The number of methoxy groups -OCH3 is 1. The predicted molar refractivity (Wildman–Crippen MR) is 93.0 cm³/mol. The van der Waals surface area contributed by atoms with Crippen LogP contribution in [0.3, 0.4) is 0 Å². The minimum Gasteiger partial charge on any atom is -0.495 e. The lowest BCUT2D eigenvalue weighted by Crippen LogP contribution is -2.23. The molecule has 0 heterocycles. The molecule has 116 valence electrons. The third kappa shape index (κ3) is 4.40. The highest BCUT2D eigenvalue weighted by molar-refractivity contribution is 6.32. The van der Waals surface area contributed by atoms with Gasteiger partial charge >= 0.3 is 0 Å². The van der Waals surface area contributed by atoms with Crippen LogP contribution < -0.4 is 15.8 Å². The van der Waals surface area contributed by atoms with Crippen LogP contribution in [0.2, 0.25) is 5.02 Å². The number of aliphatic imine (C=N–C) groups is 1. The van der Waals surface area contributed by atoms with Gasteiger partial charge in [-0.25, -0.2) is 0 Å². The van der Waals surface area contributed by atoms with Gasteiger partial charge in [0.1, 0.15) is 5.75 Å². The van der Waals surface area contributed by atoms with Crippen LogP contribution in [0, 0.1) is 6.92 Å². The minimum absolute atomic E-state index is 0.370. The molecule has 0 aliphatic rings. The number of hydrogen-bond acceptors (Lipinski definition) is 2. The highest BCUT2D eigenvalue weighted by Crippen LogP contribution is 2.26. The van der Waals surface area contributed by atoms with Crippen molar-refractivity contribution in [2.75, 3.05) is 19.0 Å². The Morgan fingerprint density at radius 2 is 2.05 bits per heavy atom. The molecule has 2 rings (SSSR count). The van der Waals surface area contributed by atoms with Crippen LogP contribution >= 0.6 is 11.6 Å². The summed E-state index contributed by atoms with van der Waals surface area (Å²) in [5.41, 5.74) is 9.23. The van der Waals surface area contributed by atoms with E-state index in [1.807, 2.05) is 18.2 Å². The average Bonchev–Trinajstić information content (AvgIpc) is 2.49. The molecule has 0 bridgehead atoms. The molecule has 2 aromatic rings. The fourth-order valence-corrected chi connectivity index (χ4v) is 2.38. The van der Waals surface area contributed by atoms with Gasteiger partial charge in [-0.2, -0.15) is 0 Å². The van der Waals surface area contributed by atoms with Gasteiger partial charge in [-0.1, -0.05) is 35.9 Å². The Morgan fingerprint density at radius 1 is 1.27 bits per heavy atom. The van der Waals surface area contributed by atoms with E-state index in [1.54, 1.807) is 19.2 Å². The highest BCUT2D eigenvalue weighted by Gasteiger charge is 2.02. The van der Waals surface area contributed by atoms with Gasteiger partial charge in [-0.05, 0) is 42.7 Å². The largest absolute Gasteiger partial charge is 0.495 e. The first kappa shape index (κ1) is 16.2. The molecule has 0 radical (unpaired) electrons. The van der Waals surface area contributed by atoms with Crippen molar-refractivity contribution >= 4 is 23.2 Å². The molecule has 0 spiro atoms. The summed E-state index contributed by atoms with van der Waals surface area (Å²) in [6.07, 6.45) is 0.860. The second-order valence-electron chi connectivity index (χ2n) is 4.92. The first-order valence-electron chi connectivity index (χ1n) is 7.05.